The minimum atomic E-state index is -1.05. The molecule has 0 aliphatic carbocycles. The van der Waals surface area contributed by atoms with E-state index in [1.54, 1.807) is 13.2 Å². The van der Waals surface area contributed by atoms with Crippen LogP contribution in [-0.4, -0.2) is 35.6 Å². The van der Waals surface area contributed by atoms with Crippen molar-refractivity contribution in [2.45, 2.75) is 0 Å². The molecular weight excluding hydrogens is 418 g/mol. The topological polar surface area (TPSA) is 77.8 Å². The Balaban J connectivity index is 1.82. The lowest BCUT2D eigenvalue weighted by Crippen LogP contribution is -2.06. The van der Waals surface area contributed by atoms with Crippen LogP contribution in [0.25, 0.3) is 27.7 Å². The second kappa shape index (κ2) is 8.67. The Bertz CT molecular complexity index is 1400. The summed E-state index contributed by atoms with van der Waals surface area (Å²) in [4.78, 5) is 24.3. The van der Waals surface area contributed by atoms with E-state index in [-0.39, 0.29) is 16.9 Å². The summed E-state index contributed by atoms with van der Waals surface area (Å²) in [5, 5.41) is 10.2. The molecule has 4 rings (SSSR count). The van der Waals surface area contributed by atoms with Gasteiger partial charge in [0.15, 0.2) is 5.78 Å². The van der Waals surface area contributed by atoms with Crippen LogP contribution in [0.2, 0.25) is 0 Å². The molecule has 0 saturated carbocycles. The Morgan fingerprint density at radius 2 is 1.52 bits per heavy atom. The molecule has 0 aliphatic rings. The van der Waals surface area contributed by atoms with Crippen molar-refractivity contribution in [3.63, 3.8) is 0 Å². The van der Waals surface area contributed by atoms with Crippen molar-refractivity contribution < 1.29 is 24.2 Å². The van der Waals surface area contributed by atoms with E-state index < -0.39 is 5.97 Å². The fourth-order valence-corrected chi connectivity index (χ4v) is 3.94. The molecule has 1 aromatic heterocycles. The summed E-state index contributed by atoms with van der Waals surface area (Å²) < 4.78 is 13.3. The average molecular weight is 441 g/mol. The van der Waals surface area contributed by atoms with Gasteiger partial charge >= 0.3 is 5.97 Å². The number of ether oxygens (including phenoxy) is 2. The maximum absolute atomic E-state index is 13.2. The number of fused-ring (bicyclic) bond motifs is 1. The Kier molecular flexibility index (Phi) is 5.75. The first-order valence-electron chi connectivity index (χ1n) is 10.2. The smallest absolute Gasteiger partial charge is 0.335 e. The molecule has 0 aliphatic heterocycles. The molecule has 0 amide bonds. The molecule has 4 aromatic rings. The number of aromatic nitrogens is 1. The molecule has 166 valence electrons. The molecule has 33 heavy (non-hydrogen) atoms. The second-order valence-electron chi connectivity index (χ2n) is 7.59. The number of nitrogens with zero attached hydrogens (tertiary/aromatic N) is 1. The molecule has 0 atom stereocenters. The van der Waals surface area contributed by atoms with E-state index in [1.807, 2.05) is 37.4 Å². The highest BCUT2D eigenvalue weighted by molar-refractivity contribution is 6.29. The summed E-state index contributed by atoms with van der Waals surface area (Å²) in [6, 6.07) is 19.5. The zero-order valence-electron chi connectivity index (χ0n) is 18.6. The SMILES string of the molecule is C=C(C(=O)c1ccc(C(=O)O)cc1)c1cc(-c2cc3ccccc3n2C)c(OC)cc1OC. The van der Waals surface area contributed by atoms with Gasteiger partial charge in [-0.05, 0) is 30.3 Å². The number of benzene rings is 3. The lowest BCUT2D eigenvalue weighted by atomic mass is 9.94. The number of hydrogen-bond acceptors (Lipinski definition) is 4. The van der Waals surface area contributed by atoms with Gasteiger partial charge in [-0.2, -0.15) is 0 Å². The minimum absolute atomic E-state index is 0.109. The Morgan fingerprint density at radius 3 is 2.12 bits per heavy atom. The lowest BCUT2D eigenvalue weighted by molar-refractivity contribution is 0.0696. The van der Waals surface area contributed by atoms with Gasteiger partial charge < -0.3 is 19.1 Å². The molecule has 0 bridgehead atoms. The third-order valence-electron chi connectivity index (χ3n) is 5.74. The molecule has 1 heterocycles. The highest BCUT2D eigenvalue weighted by Crippen LogP contribution is 2.40. The predicted molar refractivity (Wildman–Crippen MR) is 128 cm³/mol. The lowest BCUT2D eigenvalue weighted by Gasteiger charge is -2.17. The molecular formula is C27H23NO5. The third kappa shape index (κ3) is 3.87. The Morgan fingerprint density at radius 1 is 0.879 bits per heavy atom. The van der Waals surface area contributed by atoms with Gasteiger partial charge in [-0.15, -0.1) is 0 Å². The van der Waals surface area contributed by atoms with Crippen LogP contribution >= 0.6 is 0 Å². The van der Waals surface area contributed by atoms with E-state index in [2.05, 4.69) is 17.2 Å². The van der Waals surface area contributed by atoms with Crippen molar-refractivity contribution in [2.75, 3.05) is 14.2 Å². The number of para-hydroxylation sites is 1. The molecule has 0 saturated heterocycles. The van der Waals surface area contributed by atoms with Crippen molar-refractivity contribution in [1.29, 1.82) is 0 Å². The van der Waals surface area contributed by atoms with Gasteiger partial charge in [0.05, 0.1) is 25.5 Å². The summed E-state index contributed by atoms with van der Waals surface area (Å²) in [5.41, 5.74) is 4.00. The van der Waals surface area contributed by atoms with Crippen LogP contribution in [-0.2, 0) is 7.05 Å². The normalized spacial score (nSPS) is 10.8. The number of ketones is 1. The van der Waals surface area contributed by atoms with Crippen LogP contribution in [0.3, 0.4) is 0 Å². The van der Waals surface area contributed by atoms with Crippen LogP contribution < -0.4 is 9.47 Å². The number of carbonyl (C=O) groups excluding carboxylic acids is 1. The monoisotopic (exact) mass is 441 g/mol. The number of carbonyl (C=O) groups is 2. The van der Waals surface area contributed by atoms with E-state index in [0.29, 0.717) is 22.6 Å². The number of Topliss-reactive ketones (excluding diaryl/α,β-unsaturated/α-hetero) is 1. The van der Waals surface area contributed by atoms with Crippen LogP contribution in [0.1, 0.15) is 26.3 Å². The quantitative estimate of drug-likeness (QED) is 0.305. The average Bonchev–Trinajstić information content (AvgIpc) is 3.18. The van der Waals surface area contributed by atoms with Gasteiger partial charge in [-0.3, -0.25) is 4.79 Å². The van der Waals surface area contributed by atoms with Crippen LogP contribution in [0.4, 0.5) is 0 Å². The summed E-state index contributed by atoms with van der Waals surface area (Å²) >= 11 is 0. The van der Waals surface area contributed by atoms with Crippen molar-refractivity contribution in [2.24, 2.45) is 7.05 Å². The number of allylic oxidation sites excluding steroid dienone is 1. The zero-order valence-corrected chi connectivity index (χ0v) is 18.6. The number of carboxylic acids is 1. The first-order chi connectivity index (χ1) is 15.8. The summed E-state index contributed by atoms with van der Waals surface area (Å²) in [6.07, 6.45) is 0. The van der Waals surface area contributed by atoms with E-state index >= 15 is 0 Å². The maximum Gasteiger partial charge on any atom is 0.335 e. The van der Waals surface area contributed by atoms with Crippen molar-refractivity contribution in [1.82, 2.24) is 4.57 Å². The van der Waals surface area contributed by atoms with E-state index in [0.717, 1.165) is 22.2 Å². The number of methoxy groups -OCH3 is 2. The van der Waals surface area contributed by atoms with Gasteiger partial charge in [0.25, 0.3) is 0 Å². The third-order valence-corrected chi connectivity index (χ3v) is 5.74. The van der Waals surface area contributed by atoms with Crippen LogP contribution in [0, 0.1) is 0 Å². The van der Waals surface area contributed by atoms with Crippen molar-refractivity contribution >= 4 is 28.2 Å². The summed E-state index contributed by atoms with van der Waals surface area (Å²) in [5.74, 6) is -0.315. The Labute approximate surface area is 191 Å². The van der Waals surface area contributed by atoms with Gasteiger partial charge in [0.2, 0.25) is 0 Å². The number of hydrogen-bond donors (Lipinski definition) is 1. The van der Waals surface area contributed by atoms with Gasteiger partial charge in [0.1, 0.15) is 11.5 Å². The van der Waals surface area contributed by atoms with Crippen LogP contribution in [0.5, 0.6) is 11.5 Å². The molecule has 3 aromatic carbocycles. The van der Waals surface area contributed by atoms with E-state index in [4.69, 9.17) is 14.6 Å². The second-order valence-corrected chi connectivity index (χ2v) is 7.59. The highest BCUT2D eigenvalue weighted by Gasteiger charge is 2.21. The fourth-order valence-electron chi connectivity index (χ4n) is 3.94. The molecule has 0 spiro atoms. The van der Waals surface area contributed by atoms with Crippen molar-refractivity contribution in [3.8, 4) is 22.8 Å². The minimum Gasteiger partial charge on any atom is -0.496 e. The Hall–Kier alpha value is -4.32. The largest absolute Gasteiger partial charge is 0.496 e. The van der Waals surface area contributed by atoms with Crippen molar-refractivity contribution in [3.05, 3.63) is 90.0 Å². The van der Waals surface area contributed by atoms with Gasteiger partial charge in [-0.1, -0.05) is 36.9 Å². The summed E-state index contributed by atoms with van der Waals surface area (Å²) in [6.45, 7) is 4.03. The zero-order chi connectivity index (χ0) is 23.7. The van der Waals surface area contributed by atoms with E-state index in [1.165, 1.54) is 31.4 Å². The standard InChI is InChI=1S/C27H23NO5/c1-16(26(29)17-9-11-18(12-10-17)27(30)31)20-14-21(25(33-4)15-24(20)32-3)23-13-19-7-5-6-8-22(19)28(23)2/h5-15H,1H2,2-4H3,(H,30,31). The molecule has 1 N–H and O–H groups in total. The molecule has 6 heteroatoms. The van der Waals surface area contributed by atoms with Crippen LogP contribution in [0.15, 0.2) is 73.3 Å². The molecule has 0 fully saturated rings. The van der Waals surface area contributed by atoms with E-state index in [9.17, 15) is 9.59 Å². The first kappa shape index (κ1) is 21.9. The molecule has 0 radical (unpaired) electrons. The first-order valence-corrected chi connectivity index (χ1v) is 10.2. The van der Waals surface area contributed by atoms with Gasteiger partial charge in [0, 0.05) is 46.3 Å². The molecule has 6 nitrogen and oxygen atoms in total. The number of aromatic carboxylic acids is 1. The predicted octanol–water partition coefficient (Wildman–Crippen LogP) is 5.46. The highest BCUT2D eigenvalue weighted by atomic mass is 16.5. The number of carboxylic acid groups (broad SMARTS) is 1. The molecule has 0 unspecified atom stereocenters. The number of aryl methyl sites for hydroxylation is 1. The maximum atomic E-state index is 13.2. The fraction of sp³-hybridized carbons (Fsp3) is 0.111. The number of rotatable bonds is 7. The van der Waals surface area contributed by atoms with Gasteiger partial charge in [-0.25, -0.2) is 4.79 Å². The summed E-state index contributed by atoms with van der Waals surface area (Å²) in [7, 11) is 5.09.